The first-order chi connectivity index (χ1) is 13.4. The molecule has 0 amide bonds. The highest BCUT2D eigenvalue weighted by molar-refractivity contribution is 5.77. The summed E-state index contributed by atoms with van der Waals surface area (Å²) in [6.07, 6.45) is -3.06. The Bertz CT molecular complexity index is 1040. The molecule has 3 heterocycles. The largest absolute Gasteiger partial charge is 0.419 e. The summed E-state index contributed by atoms with van der Waals surface area (Å²) < 4.78 is 39.6. The van der Waals surface area contributed by atoms with E-state index in [0.29, 0.717) is 49.5 Å². The van der Waals surface area contributed by atoms with Gasteiger partial charge in [-0.05, 0) is 24.3 Å². The number of hydrogen-bond donors (Lipinski definition) is 1. The lowest BCUT2D eigenvalue weighted by atomic mass is 10.2. The van der Waals surface area contributed by atoms with Crippen LogP contribution in [0, 0.1) is 0 Å². The third-order valence-electron chi connectivity index (χ3n) is 4.80. The van der Waals surface area contributed by atoms with E-state index in [1.807, 2.05) is 6.07 Å². The van der Waals surface area contributed by atoms with Crippen molar-refractivity contribution in [2.75, 3.05) is 31.1 Å². The number of pyridine rings is 1. The molecule has 4 rings (SSSR count). The van der Waals surface area contributed by atoms with Gasteiger partial charge >= 0.3 is 6.18 Å². The van der Waals surface area contributed by atoms with Crippen molar-refractivity contribution in [2.45, 2.75) is 12.7 Å². The van der Waals surface area contributed by atoms with E-state index in [9.17, 15) is 18.0 Å². The fraction of sp³-hybridized carbons (Fsp3) is 0.316. The lowest BCUT2D eigenvalue weighted by Crippen LogP contribution is -2.47. The molecule has 0 aliphatic carbocycles. The molecule has 1 aliphatic rings. The smallest absolute Gasteiger partial charge is 0.354 e. The fourth-order valence-corrected chi connectivity index (χ4v) is 3.41. The van der Waals surface area contributed by atoms with Gasteiger partial charge in [0.05, 0.1) is 23.0 Å². The minimum absolute atomic E-state index is 0.0353. The number of aromatic nitrogens is 3. The molecule has 2 aromatic heterocycles. The number of rotatable bonds is 3. The van der Waals surface area contributed by atoms with Gasteiger partial charge in [0.1, 0.15) is 11.6 Å². The number of anilines is 1. The second-order valence-corrected chi connectivity index (χ2v) is 6.67. The molecule has 3 aromatic rings. The standard InChI is InChI=1S/C19H18F3N5O/c20-19(21,22)14-5-3-7-23-17(14)27-10-8-26(9-11-27)12-16-24-15-6-2-1-4-13(15)18(28)25-16/h1-7H,8-12H2,(H,24,25,28). The third kappa shape index (κ3) is 3.70. The summed E-state index contributed by atoms with van der Waals surface area (Å²) >= 11 is 0. The van der Waals surface area contributed by atoms with Crippen LogP contribution in [-0.4, -0.2) is 46.0 Å². The summed E-state index contributed by atoms with van der Waals surface area (Å²) in [4.78, 5) is 27.1. The maximum absolute atomic E-state index is 13.2. The summed E-state index contributed by atoms with van der Waals surface area (Å²) in [6.45, 7) is 2.35. The normalized spacial score (nSPS) is 15.9. The van der Waals surface area contributed by atoms with Crippen LogP contribution in [0.15, 0.2) is 47.4 Å². The molecule has 1 aliphatic heterocycles. The number of halogens is 3. The van der Waals surface area contributed by atoms with E-state index < -0.39 is 11.7 Å². The van der Waals surface area contributed by atoms with Crippen LogP contribution >= 0.6 is 0 Å². The molecular formula is C19H18F3N5O. The summed E-state index contributed by atoms with van der Waals surface area (Å²) in [6, 6.07) is 9.46. The molecule has 0 spiro atoms. The number of nitrogens with zero attached hydrogens (tertiary/aromatic N) is 4. The fourth-order valence-electron chi connectivity index (χ4n) is 3.41. The summed E-state index contributed by atoms with van der Waals surface area (Å²) in [5, 5.41) is 0.533. The molecule has 1 N–H and O–H groups in total. The number of piperazine rings is 1. The number of hydrogen-bond acceptors (Lipinski definition) is 5. The van der Waals surface area contributed by atoms with Crippen molar-refractivity contribution in [3.8, 4) is 0 Å². The number of H-pyrrole nitrogens is 1. The molecule has 0 saturated carbocycles. The van der Waals surface area contributed by atoms with Crippen molar-refractivity contribution in [3.05, 3.63) is 64.3 Å². The van der Waals surface area contributed by atoms with Gasteiger partial charge in [0.15, 0.2) is 0 Å². The van der Waals surface area contributed by atoms with E-state index in [0.717, 1.165) is 6.07 Å². The molecule has 0 unspecified atom stereocenters. The van der Waals surface area contributed by atoms with Gasteiger partial charge in [-0.3, -0.25) is 9.69 Å². The number of nitrogens with one attached hydrogen (secondary N) is 1. The van der Waals surface area contributed by atoms with Crippen molar-refractivity contribution < 1.29 is 13.2 Å². The molecule has 1 aromatic carbocycles. The topological polar surface area (TPSA) is 65.1 Å². The zero-order valence-corrected chi connectivity index (χ0v) is 14.9. The van der Waals surface area contributed by atoms with Crippen LogP contribution in [0.2, 0.25) is 0 Å². The van der Waals surface area contributed by atoms with E-state index >= 15 is 0 Å². The van der Waals surface area contributed by atoms with Crippen LogP contribution in [-0.2, 0) is 12.7 Å². The zero-order chi connectivity index (χ0) is 19.7. The van der Waals surface area contributed by atoms with Crippen LogP contribution < -0.4 is 10.5 Å². The predicted molar refractivity (Wildman–Crippen MR) is 99.1 cm³/mol. The molecule has 6 nitrogen and oxygen atoms in total. The minimum atomic E-state index is -4.44. The van der Waals surface area contributed by atoms with Gasteiger partial charge in [0.2, 0.25) is 0 Å². The van der Waals surface area contributed by atoms with Gasteiger partial charge in [-0.2, -0.15) is 13.2 Å². The van der Waals surface area contributed by atoms with Crippen molar-refractivity contribution in [1.82, 2.24) is 19.9 Å². The lowest BCUT2D eigenvalue weighted by molar-refractivity contribution is -0.137. The van der Waals surface area contributed by atoms with Gasteiger partial charge in [0, 0.05) is 32.4 Å². The maximum atomic E-state index is 13.2. The Balaban J connectivity index is 1.46. The number of fused-ring (bicyclic) bond motifs is 1. The van der Waals surface area contributed by atoms with E-state index in [1.165, 1.54) is 12.3 Å². The molecule has 1 saturated heterocycles. The average Bonchev–Trinajstić information content (AvgIpc) is 2.68. The maximum Gasteiger partial charge on any atom is 0.419 e. The molecule has 0 radical (unpaired) electrons. The Morgan fingerprint density at radius 3 is 2.54 bits per heavy atom. The SMILES string of the molecule is O=c1[nH]c(CN2CCN(c3ncccc3C(F)(F)F)CC2)nc2ccccc12. The third-order valence-corrected chi connectivity index (χ3v) is 4.80. The predicted octanol–water partition coefficient (Wildman–Crippen LogP) is 2.66. The second kappa shape index (κ2) is 7.23. The first-order valence-corrected chi connectivity index (χ1v) is 8.89. The molecule has 0 bridgehead atoms. The van der Waals surface area contributed by atoms with E-state index in [-0.39, 0.29) is 11.4 Å². The van der Waals surface area contributed by atoms with Crippen molar-refractivity contribution in [1.29, 1.82) is 0 Å². The van der Waals surface area contributed by atoms with Crippen molar-refractivity contribution >= 4 is 16.7 Å². The average molecular weight is 389 g/mol. The van der Waals surface area contributed by atoms with E-state index in [1.54, 1.807) is 23.1 Å². The summed E-state index contributed by atoms with van der Waals surface area (Å²) in [7, 11) is 0. The summed E-state index contributed by atoms with van der Waals surface area (Å²) in [5.74, 6) is 0.512. The summed E-state index contributed by atoms with van der Waals surface area (Å²) in [5.41, 5.74) is -0.283. The minimum Gasteiger partial charge on any atom is -0.354 e. The Morgan fingerprint density at radius 1 is 1.04 bits per heavy atom. The van der Waals surface area contributed by atoms with Gasteiger partial charge in [-0.25, -0.2) is 9.97 Å². The van der Waals surface area contributed by atoms with Crippen LogP contribution in [0.1, 0.15) is 11.4 Å². The van der Waals surface area contributed by atoms with Gasteiger partial charge in [-0.15, -0.1) is 0 Å². The number of para-hydroxylation sites is 1. The Labute approximate surface area is 158 Å². The molecule has 28 heavy (non-hydrogen) atoms. The number of benzene rings is 1. The van der Waals surface area contributed by atoms with Gasteiger partial charge < -0.3 is 9.88 Å². The Kier molecular flexibility index (Phi) is 4.76. The molecular weight excluding hydrogens is 371 g/mol. The number of alkyl halides is 3. The quantitative estimate of drug-likeness (QED) is 0.746. The number of aromatic amines is 1. The van der Waals surface area contributed by atoms with Crippen LogP contribution in [0.25, 0.3) is 10.9 Å². The first-order valence-electron chi connectivity index (χ1n) is 8.89. The van der Waals surface area contributed by atoms with Crippen molar-refractivity contribution in [2.24, 2.45) is 0 Å². The Hall–Kier alpha value is -2.94. The van der Waals surface area contributed by atoms with Crippen LogP contribution in [0.3, 0.4) is 0 Å². The van der Waals surface area contributed by atoms with Crippen LogP contribution in [0.5, 0.6) is 0 Å². The zero-order valence-electron chi connectivity index (χ0n) is 14.9. The van der Waals surface area contributed by atoms with Gasteiger partial charge in [0.25, 0.3) is 5.56 Å². The molecule has 146 valence electrons. The first kappa shape index (κ1) is 18.4. The highest BCUT2D eigenvalue weighted by Crippen LogP contribution is 2.35. The monoisotopic (exact) mass is 389 g/mol. The molecule has 0 atom stereocenters. The lowest BCUT2D eigenvalue weighted by Gasteiger charge is -2.36. The van der Waals surface area contributed by atoms with Crippen molar-refractivity contribution in [3.63, 3.8) is 0 Å². The Morgan fingerprint density at radius 2 is 1.79 bits per heavy atom. The van der Waals surface area contributed by atoms with E-state index in [4.69, 9.17) is 0 Å². The van der Waals surface area contributed by atoms with E-state index in [2.05, 4.69) is 19.9 Å². The second-order valence-electron chi connectivity index (χ2n) is 6.67. The molecule has 9 heteroatoms. The molecule has 1 fully saturated rings. The highest BCUT2D eigenvalue weighted by atomic mass is 19.4. The highest BCUT2D eigenvalue weighted by Gasteiger charge is 2.36. The van der Waals surface area contributed by atoms with Crippen LogP contribution in [0.4, 0.5) is 19.0 Å². The van der Waals surface area contributed by atoms with Gasteiger partial charge in [-0.1, -0.05) is 12.1 Å².